The number of carbonyl (C=O) groups is 1. The second-order valence-electron chi connectivity index (χ2n) is 4.14. The first-order chi connectivity index (χ1) is 8.45. The van der Waals surface area contributed by atoms with E-state index in [2.05, 4.69) is 5.32 Å². The van der Waals surface area contributed by atoms with E-state index in [-0.39, 0.29) is 11.6 Å². The Balaban J connectivity index is 2.77. The highest BCUT2D eigenvalue weighted by molar-refractivity contribution is 5.94. The number of hydrogen-bond donors (Lipinski definition) is 2. The zero-order valence-corrected chi connectivity index (χ0v) is 10.5. The van der Waals surface area contributed by atoms with E-state index in [9.17, 15) is 14.9 Å². The number of nitrogens with one attached hydrogen (secondary N) is 1. The minimum atomic E-state index is -0.550. The molecule has 0 aliphatic carbocycles. The SMILES string of the molecule is CCC[C@@H](N)C(=O)Nc1ccc([N+](=O)[O-])c(C)c1. The number of benzene rings is 1. The number of nitrogens with two attached hydrogens (primary N) is 1. The molecule has 1 aromatic rings. The standard InChI is InChI=1S/C12H17N3O3/c1-3-4-10(13)12(16)14-9-5-6-11(15(17)18)8(2)7-9/h5-7,10H,3-4,13H2,1-2H3,(H,14,16)/t10-/m1/s1. The van der Waals surface area contributed by atoms with E-state index < -0.39 is 11.0 Å². The summed E-state index contributed by atoms with van der Waals surface area (Å²) >= 11 is 0. The summed E-state index contributed by atoms with van der Waals surface area (Å²) in [4.78, 5) is 21.9. The lowest BCUT2D eigenvalue weighted by molar-refractivity contribution is -0.385. The van der Waals surface area contributed by atoms with Crippen LogP contribution in [0.4, 0.5) is 11.4 Å². The Labute approximate surface area is 105 Å². The first-order valence-corrected chi connectivity index (χ1v) is 5.77. The molecule has 3 N–H and O–H groups in total. The third kappa shape index (κ3) is 3.53. The summed E-state index contributed by atoms with van der Waals surface area (Å²) in [6.45, 7) is 3.57. The van der Waals surface area contributed by atoms with Crippen LogP contribution in [0.1, 0.15) is 25.3 Å². The van der Waals surface area contributed by atoms with E-state index in [0.29, 0.717) is 17.7 Å². The van der Waals surface area contributed by atoms with Crippen LogP contribution in [0.25, 0.3) is 0 Å². The second-order valence-corrected chi connectivity index (χ2v) is 4.14. The highest BCUT2D eigenvalue weighted by Gasteiger charge is 2.14. The summed E-state index contributed by atoms with van der Waals surface area (Å²) in [7, 11) is 0. The molecule has 0 fully saturated rings. The maximum Gasteiger partial charge on any atom is 0.272 e. The summed E-state index contributed by atoms with van der Waals surface area (Å²) in [6, 6.07) is 3.89. The maximum absolute atomic E-state index is 11.7. The van der Waals surface area contributed by atoms with Crippen LogP contribution in [0.15, 0.2) is 18.2 Å². The first-order valence-electron chi connectivity index (χ1n) is 5.77. The lowest BCUT2D eigenvalue weighted by atomic mass is 10.1. The summed E-state index contributed by atoms with van der Waals surface area (Å²) in [5.74, 6) is -0.273. The third-order valence-electron chi connectivity index (χ3n) is 2.60. The van der Waals surface area contributed by atoms with Crippen molar-refractivity contribution in [1.82, 2.24) is 0 Å². The molecule has 98 valence electrons. The van der Waals surface area contributed by atoms with Gasteiger partial charge in [-0.25, -0.2) is 0 Å². The van der Waals surface area contributed by atoms with Crippen LogP contribution in [0.5, 0.6) is 0 Å². The van der Waals surface area contributed by atoms with E-state index in [4.69, 9.17) is 5.73 Å². The normalized spacial score (nSPS) is 11.9. The van der Waals surface area contributed by atoms with Gasteiger partial charge in [0.2, 0.25) is 5.91 Å². The molecule has 6 nitrogen and oxygen atoms in total. The van der Waals surface area contributed by atoms with Crippen molar-refractivity contribution < 1.29 is 9.72 Å². The van der Waals surface area contributed by atoms with Crippen LogP contribution in [0.2, 0.25) is 0 Å². The lowest BCUT2D eigenvalue weighted by Crippen LogP contribution is -2.35. The summed E-state index contributed by atoms with van der Waals surface area (Å²) in [6.07, 6.45) is 1.44. The monoisotopic (exact) mass is 251 g/mol. The van der Waals surface area contributed by atoms with Crippen molar-refractivity contribution in [3.63, 3.8) is 0 Å². The Kier molecular flexibility index (Phi) is 4.79. The molecule has 0 spiro atoms. The maximum atomic E-state index is 11.7. The minimum Gasteiger partial charge on any atom is -0.325 e. The van der Waals surface area contributed by atoms with Gasteiger partial charge in [0, 0.05) is 17.3 Å². The van der Waals surface area contributed by atoms with Crippen molar-refractivity contribution in [1.29, 1.82) is 0 Å². The molecule has 0 saturated heterocycles. The van der Waals surface area contributed by atoms with Gasteiger partial charge in [-0.15, -0.1) is 0 Å². The predicted molar refractivity (Wildman–Crippen MR) is 69.3 cm³/mol. The summed E-state index contributed by atoms with van der Waals surface area (Å²) < 4.78 is 0. The third-order valence-corrected chi connectivity index (χ3v) is 2.60. The number of hydrogen-bond acceptors (Lipinski definition) is 4. The van der Waals surface area contributed by atoms with Crippen molar-refractivity contribution in [2.75, 3.05) is 5.32 Å². The quantitative estimate of drug-likeness (QED) is 0.617. The van der Waals surface area contributed by atoms with E-state index >= 15 is 0 Å². The molecule has 1 amide bonds. The van der Waals surface area contributed by atoms with Crippen molar-refractivity contribution in [3.8, 4) is 0 Å². The molecule has 0 unspecified atom stereocenters. The molecular formula is C12H17N3O3. The van der Waals surface area contributed by atoms with Crippen molar-refractivity contribution in [3.05, 3.63) is 33.9 Å². The lowest BCUT2D eigenvalue weighted by Gasteiger charge is -2.11. The van der Waals surface area contributed by atoms with E-state index in [0.717, 1.165) is 6.42 Å². The highest BCUT2D eigenvalue weighted by atomic mass is 16.6. The van der Waals surface area contributed by atoms with Crippen LogP contribution in [0, 0.1) is 17.0 Å². The van der Waals surface area contributed by atoms with Gasteiger partial charge < -0.3 is 11.1 Å². The van der Waals surface area contributed by atoms with Crippen LogP contribution in [0.3, 0.4) is 0 Å². The number of nitro groups is 1. The molecule has 1 rings (SSSR count). The van der Waals surface area contributed by atoms with Gasteiger partial charge >= 0.3 is 0 Å². The van der Waals surface area contributed by atoms with E-state index in [1.54, 1.807) is 13.0 Å². The molecule has 0 saturated carbocycles. The molecule has 1 atom stereocenters. The second kappa shape index (κ2) is 6.11. The molecule has 6 heteroatoms. The average Bonchev–Trinajstić information content (AvgIpc) is 2.28. The molecule has 0 radical (unpaired) electrons. The Morgan fingerprint density at radius 3 is 2.72 bits per heavy atom. The minimum absolute atomic E-state index is 0.0332. The van der Waals surface area contributed by atoms with Crippen LogP contribution in [-0.2, 0) is 4.79 Å². The van der Waals surface area contributed by atoms with Crippen LogP contribution < -0.4 is 11.1 Å². The van der Waals surface area contributed by atoms with Crippen molar-refractivity contribution >= 4 is 17.3 Å². The Bertz CT molecular complexity index is 460. The average molecular weight is 251 g/mol. The largest absolute Gasteiger partial charge is 0.325 e. The van der Waals surface area contributed by atoms with Gasteiger partial charge in [0.1, 0.15) is 0 Å². The number of carbonyl (C=O) groups excluding carboxylic acids is 1. The first kappa shape index (κ1) is 14.1. The molecule has 1 aromatic carbocycles. The number of nitrogens with zero attached hydrogens (tertiary/aromatic N) is 1. The fourth-order valence-electron chi connectivity index (χ4n) is 1.62. The van der Waals surface area contributed by atoms with Gasteiger partial charge in [0.25, 0.3) is 5.69 Å². The number of aryl methyl sites for hydroxylation is 1. The number of rotatable bonds is 5. The van der Waals surface area contributed by atoms with E-state index in [1.165, 1.54) is 12.1 Å². The number of anilines is 1. The smallest absolute Gasteiger partial charge is 0.272 e. The Morgan fingerprint density at radius 2 is 2.22 bits per heavy atom. The van der Waals surface area contributed by atoms with Gasteiger partial charge in [0.15, 0.2) is 0 Å². The van der Waals surface area contributed by atoms with Crippen molar-refractivity contribution in [2.24, 2.45) is 5.73 Å². The van der Waals surface area contributed by atoms with Gasteiger partial charge in [-0.2, -0.15) is 0 Å². The molecule has 0 aliphatic rings. The topological polar surface area (TPSA) is 98.3 Å². The summed E-state index contributed by atoms with van der Waals surface area (Å²) in [5, 5.41) is 13.3. The number of nitro benzene ring substituents is 1. The summed E-state index contributed by atoms with van der Waals surface area (Å²) in [5.41, 5.74) is 6.73. The molecule has 0 bridgehead atoms. The molecule has 0 aliphatic heterocycles. The zero-order chi connectivity index (χ0) is 13.7. The fourth-order valence-corrected chi connectivity index (χ4v) is 1.62. The molecule has 0 aromatic heterocycles. The molecule has 18 heavy (non-hydrogen) atoms. The van der Waals surface area contributed by atoms with Crippen molar-refractivity contribution in [2.45, 2.75) is 32.7 Å². The molecule has 0 heterocycles. The number of amides is 1. The van der Waals surface area contributed by atoms with Crippen LogP contribution in [-0.4, -0.2) is 16.9 Å². The van der Waals surface area contributed by atoms with Gasteiger partial charge in [0.05, 0.1) is 11.0 Å². The Morgan fingerprint density at radius 1 is 1.56 bits per heavy atom. The zero-order valence-electron chi connectivity index (χ0n) is 10.5. The van der Waals surface area contributed by atoms with Gasteiger partial charge in [-0.1, -0.05) is 13.3 Å². The van der Waals surface area contributed by atoms with E-state index in [1.807, 2.05) is 6.92 Å². The Hall–Kier alpha value is -1.95. The highest BCUT2D eigenvalue weighted by Crippen LogP contribution is 2.21. The predicted octanol–water partition coefficient (Wildman–Crippen LogP) is 1.97. The van der Waals surface area contributed by atoms with Crippen LogP contribution >= 0.6 is 0 Å². The van der Waals surface area contributed by atoms with Gasteiger partial charge in [-0.3, -0.25) is 14.9 Å². The molecular weight excluding hydrogens is 234 g/mol. The fraction of sp³-hybridized carbons (Fsp3) is 0.417. The van der Waals surface area contributed by atoms with Gasteiger partial charge in [-0.05, 0) is 25.5 Å².